The minimum Gasteiger partial charge on any atom is -0.455 e. The molecule has 13 heteroatoms. The molecule has 1 amide bonds. The lowest BCUT2D eigenvalue weighted by Crippen LogP contribution is -2.20. The summed E-state index contributed by atoms with van der Waals surface area (Å²) in [6.45, 7) is 1.71. The van der Waals surface area contributed by atoms with E-state index in [0.717, 1.165) is 19.8 Å². The van der Waals surface area contributed by atoms with Gasteiger partial charge in [0, 0.05) is 50.9 Å². The average Bonchev–Trinajstić information content (AvgIpc) is 3.27. The smallest absolute Gasteiger partial charge is 0.286 e. The number of hydrogen-bond acceptors (Lipinski definition) is 8. The lowest BCUT2D eigenvalue weighted by molar-refractivity contribution is -0.117. The fourth-order valence-electron chi connectivity index (χ4n) is 4.36. The van der Waals surface area contributed by atoms with Gasteiger partial charge in [-0.05, 0) is 25.3 Å². The van der Waals surface area contributed by atoms with Gasteiger partial charge in [0.15, 0.2) is 11.5 Å². The van der Waals surface area contributed by atoms with Gasteiger partial charge in [-0.15, -0.1) is 0 Å². The van der Waals surface area contributed by atoms with E-state index in [1.807, 2.05) is 0 Å². The van der Waals surface area contributed by atoms with Crippen LogP contribution in [-0.2, 0) is 22.5 Å². The fraction of sp³-hybridized carbons (Fsp3) is 0.400. The molecule has 0 aromatic carbocycles. The Morgan fingerprint density at radius 2 is 2.00 bits per heavy atom. The highest BCUT2D eigenvalue weighted by Gasteiger charge is 2.34. The molecule has 4 aromatic heterocycles. The van der Waals surface area contributed by atoms with E-state index < -0.39 is 5.92 Å². The van der Waals surface area contributed by atoms with Crippen LogP contribution in [0.1, 0.15) is 37.9 Å². The second-order valence-corrected chi connectivity index (χ2v) is 9.64. The summed E-state index contributed by atoms with van der Waals surface area (Å²) < 4.78 is 43.0. The van der Waals surface area contributed by atoms with Crippen LogP contribution in [0.3, 0.4) is 0 Å². The van der Waals surface area contributed by atoms with Crippen LogP contribution in [0.2, 0.25) is 0 Å². The van der Waals surface area contributed by atoms with Crippen molar-refractivity contribution in [1.82, 2.24) is 29.3 Å². The monoisotopic (exact) mass is 524 g/mol. The molecule has 11 nitrogen and oxygen atoms in total. The van der Waals surface area contributed by atoms with Gasteiger partial charge < -0.3 is 24.7 Å². The quantitative estimate of drug-likeness (QED) is 0.345. The molecule has 1 saturated carbocycles. The molecule has 4 aromatic rings. The van der Waals surface area contributed by atoms with Crippen molar-refractivity contribution in [3.05, 3.63) is 42.4 Å². The number of amides is 1. The summed E-state index contributed by atoms with van der Waals surface area (Å²) in [7, 11) is 1.78. The maximum atomic E-state index is 14.3. The highest BCUT2D eigenvalue weighted by atomic mass is 19.3. The summed E-state index contributed by atoms with van der Waals surface area (Å²) in [6, 6.07) is 6.18. The number of aryl methyl sites for hydroxylation is 1. The number of imidazole rings is 1. The number of carbonyl (C=O) groups excluding carboxylic acids is 1. The zero-order chi connectivity index (χ0) is 26.4. The van der Waals surface area contributed by atoms with Crippen molar-refractivity contribution in [1.29, 1.82) is 0 Å². The first-order valence-electron chi connectivity index (χ1n) is 12.3. The zero-order valence-electron chi connectivity index (χ0n) is 20.8. The first-order valence-corrected chi connectivity index (χ1v) is 12.3. The summed E-state index contributed by atoms with van der Waals surface area (Å²) in [5.74, 6) is -1.04. The van der Waals surface area contributed by atoms with Crippen molar-refractivity contribution in [3.8, 4) is 11.5 Å². The number of ether oxygens (including phenoxy) is 2. The number of rotatable bonds is 8. The van der Waals surface area contributed by atoms with Crippen LogP contribution in [0.15, 0.2) is 36.7 Å². The second kappa shape index (κ2) is 9.31. The zero-order valence-corrected chi connectivity index (χ0v) is 20.8. The molecule has 5 heterocycles. The third-order valence-corrected chi connectivity index (χ3v) is 6.56. The lowest BCUT2D eigenvalue weighted by Gasteiger charge is -2.16. The van der Waals surface area contributed by atoms with Gasteiger partial charge in [0.25, 0.3) is 5.92 Å². The molecule has 0 spiro atoms. The number of nitrogens with zero attached hydrogens (tertiary/aromatic N) is 6. The Bertz CT molecular complexity index is 1500. The molecule has 0 radical (unpaired) electrons. The van der Waals surface area contributed by atoms with Crippen LogP contribution >= 0.6 is 0 Å². The average molecular weight is 525 g/mol. The third-order valence-electron chi connectivity index (χ3n) is 6.56. The van der Waals surface area contributed by atoms with Gasteiger partial charge in [0.05, 0.1) is 24.4 Å². The van der Waals surface area contributed by atoms with Crippen molar-refractivity contribution >= 4 is 34.7 Å². The fourth-order valence-corrected chi connectivity index (χ4v) is 4.36. The molecule has 2 aliphatic rings. The number of hydrogen-bond donors (Lipinski definition) is 2. The number of aromatic nitrogens is 6. The number of nitrogens with one attached hydrogen (secondary N) is 2. The molecular weight excluding hydrogens is 498 g/mol. The standard InChI is InChI=1S/C25H26F2N8O3/c1-25(26,27)19-11-21(33-35(19)15-6-8-37-13-15)31-24-32-22-18(34(24)2)9-17(12-29-22)38-16-5-7-28-20(10-16)30-23(36)14-3-4-14/h5,7,9-12,14-15H,3-4,6,8,13H2,1-2H3,(H,28,30,36)(H,29,31,32,33)/t15-/m1/s1. The van der Waals surface area contributed by atoms with Gasteiger partial charge in [-0.25, -0.2) is 9.97 Å². The minimum absolute atomic E-state index is 0.0381. The van der Waals surface area contributed by atoms with E-state index in [1.165, 1.54) is 16.9 Å². The topological polar surface area (TPSA) is 121 Å². The summed E-state index contributed by atoms with van der Waals surface area (Å²) in [6.07, 6.45) is 5.51. The number of pyridine rings is 2. The van der Waals surface area contributed by atoms with Gasteiger partial charge >= 0.3 is 0 Å². The highest BCUT2D eigenvalue weighted by molar-refractivity contribution is 5.93. The maximum Gasteiger partial charge on any atom is 0.286 e. The summed E-state index contributed by atoms with van der Waals surface area (Å²) >= 11 is 0. The molecule has 198 valence electrons. The van der Waals surface area contributed by atoms with E-state index in [1.54, 1.807) is 36.0 Å². The lowest BCUT2D eigenvalue weighted by atomic mass is 10.2. The number of alkyl halides is 2. The van der Waals surface area contributed by atoms with E-state index in [2.05, 4.69) is 30.7 Å². The number of carbonyl (C=O) groups is 1. The summed E-state index contributed by atoms with van der Waals surface area (Å²) in [5, 5.41) is 10.2. The Kier molecular flexibility index (Phi) is 5.94. The predicted molar refractivity (Wildman–Crippen MR) is 134 cm³/mol. The maximum absolute atomic E-state index is 14.3. The van der Waals surface area contributed by atoms with Crippen molar-refractivity contribution < 1.29 is 23.0 Å². The third kappa shape index (κ3) is 4.88. The van der Waals surface area contributed by atoms with E-state index in [-0.39, 0.29) is 29.4 Å². The number of halogens is 2. The largest absolute Gasteiger partial charge is 0.455 e. The molecule has 2 fully saturated rings. The van der Waals surface area contributed by atoms with Crippen LogP contribution < -0.4 is 15.4 Å². The van der Waals surface area contributed by atoms with E-state index in [4.69, 9.17) is 9.47 Å². The number of fused-ring (bicyclic) bond motifs is 1. The molecule has 38 heavy (non-hydrogen) atoms. The molecule has 1 aliphatic carbocycles. The van der Waals surface area contributed by atoms with Gasteiger partial charge in [-0.2, -0.15) is 18.9 Å². The first kappa shape index (κ1) is 24.2. The Balaban J connectivity index is 1.22. The molecule has 6 rings (SSSR count). The van der Waals surface area contributed by atoms with E-state index >= 15 is 0 Å². The molecule has 1 aliphatic heterocycles. The van der Waals surface area contributed by atoms with Crippen LogP contribution in [-0.4, -0.2) is 48.4 Å². The summed E-state index contributed by atoms with van der Waals surface area (Å²) in [4.78, 5) is 25.1. The van der Waals surface area contributed by atoms with E-state index in [0.29, 0.717) is 54.1 Å². The molecule has 1 atom stereocenters. The van der Waals surface area contributed by atoms with Crippen molar-refractivity contribution in [2.75, 3.05) is 23.8 Å². The predicted octanol–water partition coefficient (Wildman–Crippen LogP) is 4.52. The van der Waals surface area contributed by atoms with Crippen LogP contribution in [0.4, 0.5) is 26.4 Å². The molecule has 0 unspecified atom stereocenters. The highest BCUT2D eigenvalue weighted by Crippen LogP contribution is 2.34. The van der Waals surface area contributed by atoms with Crippen molar-refractivity contribution in [2.24, 2.45) is 13.0 Å². The Hall–Kier alpha value is -4.13. The van der Waals surface area contributed by atoms with Gasteiger partial charge in [-0.1, -0.05) is 0 Å². The molecular formula is C25H26F2N8O3. The summed E-state index contributed by atoms with van der Waals surface area (Å²) in [5.41, 5.74) is 0.915. The Labute approximate surface area is 216 Å². The van der Waals surface area contributed by atoms with Crippen LogP contribution in [0, 0.1) is 5.92 Å². The van der Waals surface area contributed by atoms with Crippen LogP contribution in [0.25, 0.3) is 11.2 Å². The number of anilines is 3. The molecule has 2 N–H and O–H groups in total. The second-order valence-electron chi connectivity index (χ2n) is 9.64. The SMILES string of the molecule is Cn1c(Nc2cc(C(C)(F)F)n([C@@H]3CCOC3)n2)nc2ncc(Oc3ccnc(NC(=O)C4CC4)c3)cc21. The van der Waals surface area contributed by atoms with Crippen LogP contribution in [0.5, 0.6) is 11.5 Å². The Morgan fingerprint density at radius 3 is 2.74 bits per heavy atom. The Morgan fingerprint density at radius 1 is 1.16 bits per heavy atom. The van der Waals surface area contributed by atoms with Crippen molar-refractivity contribution in [3.63, 3.8) is 0 Å². The van der Waals surface area contributed by atoms with Gasteiger partial charge in [-0.3, -0.25) is 9.48 Å². The van der Waals surface area contributed by atoms with Crippen molar-refractivity contribution in [2.45, 2.75) is 38.2 Å². The van der Waals surface area contributed by atoms with Gasteiger partial charge in [0.1, 0.15) is 23.0 Å². The van der Waals surface area contributed by atoms with Gasteiger partial charge in [0.2, 0.25) is 11.9 Å². The molecule has 0 bridgehead atoms. The normalized spacial score (nSPS) is 17.6. The first-order chi connectivity index (χ1) is 18.2. The van der Waals surface area contributed by atoms with E-state index in [9.17, 15) is 13.6 Å². The molecule has 1 saturated heterocycles. The minimum atomic E-state index is -3.07.